The lowest BCUT2D eigenvalue weighted by atomic mass is 10.0. The number of para-hydroxylation sites is 1. The third-order valence-corrected chi connectivity index (χ3v) is 5.14. The van der Waals surface area contributed by atoms with Gasteiger partial charge in [0.1, 0.15) is 5.75 Å². The van der Waals surface area contributed by atoms with Gasteiger partial charge in [0.15, 0.2) is 6.10 Å². The van der Waals surface area contributed by atoms with Gasteiger partial charge < -0.3 is 20.7 Å². The second-order valence-electron chi connectivity index (χ2n) is 7.12. The highest BCUT2D eigenvalue weighted by Gasteiger charge is 2.29. The van der Waals surface area contributed by atoms with Crippen molar-refractivity contribution in [3.05, 3.63) is 59.7 Å². The molecule has 1 atom stereocenters. The summed E-state index contributed by atoms with van der Waals surface area (Å²) in [4.78, 5) is 27.1. The summed E-state index contributed by atoms with van der Waals surface area (Å²) in [5.74, 6) is 0.521. The summed E-state index contributed by atoms with van der Waals surface area (Å²) < 4.78 is 5.72. The Bertz CT molecular complexity index is 834. The summed E-state index contributed by atoms with van der Waals surface area (Å²) in [7, 11) is 0. The monoisotopic (exact) mass is 365 g/mol. The average Bonchev–Trinajstić information content (AvgIpc) is 3.13. The van der Waals surface area contributed by atoms with E-state index in [0.29, 0.717) is 30.8 Å². The van der Waals surface area contributed by atoms with Crippen molar-refractivity contribution in [2.75, 3.05) is 18.4 Å². The minimum atomic E-state index is -0.551. The van der Waals surface area contributed by atoms with E-state index in [9.17, 15) is 9.59 Å². The Morgan fingerprint density at radius 3 is 2.63 bits per heavy atom. The second-order valence-corrected chi connectivity index (χ2v) is 7.12. The van der Waals surface area contributed by atoms with E-state index < -0.39 is 6.10 Å². The standard InChI is InChI=1S/C21H23N3O3/c22-16-8-10-24(11-9-16)21(26)15-5-3-6-17(12-15)23-20(25)19-13-14-4-1-2-7-18(14)27-19/h1-7,12,16,19H,8-11,13,22H2,(H,23,25). The molecule has 2 aromatic rings. The summed E-state index contributed by atoms with van der Waals surface area (Å²) in [5, 5.41) is 2.87. The molecule has 6 heteroatoms. The molecule has 4 rings (SSSR count). The molecule has 3 N–H and O–H groups in total. The zero-order valence-electron chi connectivity index (χ0n) is 15.1. The van der Waals surface area contributed by atoms with Crippen LogP contribution in [0.4, 0.5) is 5.69 Å². The van der Waals surface area contributed by atoms with Gasteiger partial charge in [-0.3, -0.25) is 9.59 Å². The van der Waals surface area contributed by atoms with Crippen LogP contribution in [0.1, 0.15) is 28.8 Å². The number of anilines is 1. The van der Waals surface area contributed by atoms with E-state index in [-0.39, 0.29) is 17.9 Å². The molecule has 1 saturated heterocycles. The third kappa shape index (κ3) is 3.80. The van der Waals surface area contributed by atoms with Crippen LogP contribution in [0.5, 0.6) is 5.75 Å². The molecule has 6 nitrogen and oxygen atoms in total. The predicted octanol–water partition coefficient (Wildman–Crippen LogP) is 2.19. The number of nitrogens with one attached hydrogen (secondary N) is 1. The Morgan fingerprint density at radius 2 is 1.85 bits per heavy atom. The number of hydrogen-bond acceptors (Lipinski definition) is 4. The number of nitrogens with two attached hydrogens (primary N) is 1. The van der Waals surface area contributed by atoms with Crippen molar-refractivity contribution >= 4 is 17.5 Å². The zero-order chi connectivity index (χ0) is 18.8. The minimum Gasteiger partial charge on any atom is -0.480 e. The van der Waals surface area contributed by atoms with Crippen LogP contribution in [0.2, 0.25) is 0 Å². The first-order valence-electron chi connectivity index (χ1n) is 9.30. The number of likely N-dealkylation sites (tertiary alicyclic amines) is 1. The highest BCUT2D eigenvalue weighted by Crippen LogP contribution is 2.28. The van der Waals surface area contributed by atoms with Crippen LogP contribution >= 0.6 is 0 Å². The molecule has 0 radical (unpaired) electrons. The van der Waals surface area contributed by atoms with Crippen LogP contribution in [0, 0.1) is 0 Å². The molecule has 2 aliphatic heterocycles. The molecular formula is C21H23N3O3. The summed E-state index contributed by atoms with van der Waals surface area (Å²) in [5.41, 5.74) is 8.11. The molecule has 0 spiro atoms. The van der Waals surface area contributed by atoms with Gasteiger partial charge in [-0.25, -0.2) is 0 Å². The first-order chi connectivity index (χ1) is 13.1. The Kier molecular flexibility index (Phi) is 4.81. The molecule has 1 fully saturated rings. The predicted molar refractivity (Wildman–Crippen MR) is 103 cm³/mol. The fraction of sp³-hybridized carbons (Fsp3) is 0.333. The van der Waals surface area contributed by atoms with Gasteiger partial charge >= 0.3 is 0 Å². The maximum atomic E-state index is 12.7. The van der Waals surface area contributed by atoms with Crippen molar-refractivity contribution in [3.63, 3.8) is 0 Å². The van der Waals surface area contributed by atoms with Crippen LogP contribution in [0.25, 0.3) is 0 Å². The van der Waals surface area contributed by atoms with E-state index in [2.05, 4.69) is 5.32 Å². The molecule has 140 valence electrons. The second kappa shape index (κ2) is 7.40. The Morgan fingerprint density at radius 1 is 1.07 bits per heavy atom. The van der Waals surface area contributed by atoms with Gasteiger partial charge in [-0.15, -0.1) is 0 Å². The molecule has 0 aliphatic carbocycles. The van der Waals surface area contributed by atoms with E-state index in [1.54, 1.807) is 24.3 Å². The van der Waals surface area contributed by atoms with E-state index in [1.807, 2.05) is 29.2 Å². The molecule has 1 unspecified atom stereocenters. The first-order valence-corrected chi connectivity index (χ1v) is 9.30. The number of hydrogen-bond donors (Lipinski definition) is 2. The molecule has 2 heterocycles. The maximum absolute atomic E-state index is 12.7. The Labute approximate surface area is 158 Å². The molecule has 2 aliphatic rings. The Hall–Kier alpha value is -2.86. The molecular weight excluding hydrogens is 342 g/mol. The topological polar surface area (TPSA) is 84.7 Å². The van der Waals surface area contributed by atoms with Crippen LogP contribution in [-0.2, 0) is 11.2 Å². The normalized spacial score (nSPS) is 19.3. The van der Waals surface area contributed by atoms with Crippen LogP contribution < -0.4 is 15.8 Å². The van der Waals surface area contributed by atoms with Gasteiger partial charge in [0.2, 0.25) is 0 Å². The minimum absolute atomic E-state index is 0.0254. The number of carbonyl (C=O) groups excluding carboxylic acids is 2. The molecule has 0 aromatic heterocycles. The van der Waals surface area contributed by atoms with Gasteiger partial charge in [-0.1, -0.05) is 24.3 Å². The summed E-state index contributed by atoms with van der Waals surface area (Å²) in [6.45, 7) is 1.34. The first kappa shape index (κ1) is 17.5. The number of nitrogens with zero attached hydrogens (tertiary/aromatic N) is 1. The average molecular weight is 365 g/mol. The van der Waals surface area contributed by atoms with Crippen molar-refractivity contribution in [2.45, 2.75) is 31.4 Å². The Balaban J connectivity index is 1.41. The largest absolute Gasteiger partial charge is 0.480 e. The fourth-order valence-electron chi connectivity index (χ4n) is 3.57. The zero-order valence-corrected chi connectivity index (χ0v) is 15.1. The number of fused-ring (bicyclic) bond motifs is 1. The number of benzene rings is 2. The number of rotatable bonds is 3. The number of amides is 2. The van der Waals surface area contributed by atoms with Gasteiger partial charge in [0.25, 0.3) is 11.8 Å². The van der Waals surface area contributed by atoms with Crippen molar-refractivity contribution in [1.82, 2.24) is 4.90 Å². The van der Waals surface area contributed by atoms with E-state index in [4.69, 9.17) is 10.5 Å². The molecule has 27 heavy (non-hydrogen) atoms. The lowest BCUT2D eigenvalue weighted by Gasteiger charge is -2.30. The van der Waals surface area contributed by atoms with Crippen LogP contribution in [-0.4, -0.2) is 41.9 Å². The van der Waals surface area contributed by atoms with Crippen molar-refractivity contribution in [3.8, 4) is 5.75 Å². The van der Waals surface area contributed by atoms with Gasteiger partial charge in [0.05, 0.1) is 0 Å². The molecule has 0 saturated carbocycles. The number of carbonyl (C=O) groups is 2. The number of ether oxygens (including phenoxy) is 1. The van der Waals surface area contributed by atoms with Crippen molar-refractivity contribution in [1.29, 1.82) is 0 Å². The molecule has 0 bridgehead atoms. The molecule has 2 amide bonds. The molecule has 2 aromatic carbocycles. The van der Waals surface area contributed by atoms with Crippen molar-refractivity contribution in [2.24, 2.45) is 5.73 Å². The van der Waals surface area contributed by atoms with E-state index >= 15 is 0 Å². The summed E-state index contributed by atoms with van der Waals surface area (Å²) in [6, 6.07) is 14.9. The van der Waals surface area contributed by atoms with Gasteiger partial charge in [-0.2, -0.15) is 0 Å². The third-order valence-electron chi connectivity index (χ3n) is 5.14. The van der Waals surface area contributed by atoms with Gasteiger partial charge in [-0.05, 0) is 42.7 Å². The summed E-state index contributed by atoms with van der Waals surface area (Å²) in [6.07, 6.45) is 1.64. The van der Waals surface area contributed by atoms with Gasteiger partial charge in [0, 0.05) is 36.8 Å². The lowest BCUT2D eigenvalue weighted by molar-refractivity contribution is -0.122. The van der Waals surface area contributed by atoms with E-state index in [1.165, 1.54) is 0 Å². The van der Waals surface area contributed by atoms with Crippen molar-refractivity contribution < 1.29 is 14.3 Å². The lowest BCUT2D eigenvalue weighted by Crippen LogP contribution is -2.42. The summed E-state index contributed by atoms with van der Waals surface area (Å²) >= 11 is 0. The highest BCUT2D eigenvalue weighted by atomic mass is 16.5. The SMILES string of the molecule is NC1CCN(C(=O)c2cccc(NC(=O)C3Cc4ccccc4O3)c2)CC1. The highest BCUT2D eigenvalue weighted by molar-refractivity contribution is 5.98. The maximum Gasteiger partial charge on any atom is 0.265 e. The van der Waals surface area contributed by atoms with Crippen LogP contribution in [0.3, 0.4) is 0 Å². The smallest absolute Gasteiger partial charge is 0.265 e. The fourth-order valence-corrected chi connectivity index (χ4v) is 3.57. The van der Waals surface area contributed by atoms with Crippen LogP contribution in [0.15, 0.2) is 48.5 Å². The number of piperidine rings is 1. The quantitative estimate of drug-likeness (QED) is 0.873. The van der Waals surface area contributed by atoms with E-state index in [0.717, 1.165) is 24.2 Å².